The van der Waals surface area contributed by atoms with E-state index in [-0.39, 0.29) is 60.6 Å². The minimum Gasteiger partial charge on any atom is -0.422 e. The molecule has 4 saturated heterocycles. The predicted molar refractivity (Wildman–Crippen MR) is 129 cm³/mol. The van der Waals surface area contributed by atoms with Gasteiger partial charge in [-0.15, -0.1) is 29.0 Å². The molecule has 0 radical (unpaired) electrons. The quantitative estimate of drug-likeness (QED) is 0.406. The van der Waals surface area contributed by atoms with Crippen LogP contribution in [0, 0.1) is 10.8 Å². The van der Waals surface area contributed by atoms with E-state index in [1.807, 2.05) is 0 Å². The molecule has 18 nitrogen and oxygen atoms in total. The Morgan fingerprint density at radius 3 is 1.51 bits per heavy atom. The molecule has 4 N–H and O–H groups in total. The van der Waals surface area contributed by atoms with Gasteiger partial charge in [0.05, 0.1) is 25.2 Å². The first kappa shape index (κ1) is 25.3. The Morgan fingerprint density at radius 1 is 0.756 bits per heavy atom. The van der Waals surface area contributed by atoms with Crippen LogP contribution in [0.1, 0.15) is 74.2 Å². The molecule has 220 valence electrons. The number of hydrogen-bond donors (Lipinski definition) is 2. The van der Waals surface area contributed by atoms with E-state index >= 15 is 0 Å². The van der Waals surface area contributed by atoms with Gasteiger partial charge in [0, 0.05) is 13.1 Å². The van der Waals surface area contributed by atoms with Crippen molar-refractivity contribution in [2.75, 3.05) is 13.1 Å². The number of nitrogens with zero attached hydrogens (tertiary/aromatic N) is 8. The molecule has 0 aromatic carbocycles. The van der Waals surface area contributed by atoms with Gasteiger partial charge in [0.25, 0.3) is 0 Å². The number of hydroxylamine groups is 4. The summed E-state index contributed by atoms with van der Waals surface area (Å²) in [5.41, 5.74) is 10.5. The van der Waals surface area contributed by atoms with Crippen molar-refractivity contribution < 1.29 is 35.4 Å². The third-order valence-corrected chi connectivity index (χ3v) is 10.2. The number of hydrogen-bond acceptors (Lipinski definition) is 14. The van der Waals surface area contributed by atoms with Gasteiger partial charge >= 0.3 is 22.5 Å². The fourth-order valence-electron chi connectivity index (χ4n) is 7.05. The summed E-state index contributed by atoms with van der Waals surface area (Å²) in [6.07, 6.45) is 4.15. The summed E-state index contributed by atoms with van der Waals surface area (Å²) >= 11 is 0. The fraction of sp³-hybridized carbons (Fsp3) is 0.727. The molecule has 6 aliphatic rings. The van der Waals surface area contributed by atoms with Gasteiger partial charge in [0.2, 0.25) is 23.6 Å². The van der Waals surface area contributed by atoms with Gasteiger partial charge in [-0.2, -0.15) is 18.5 Å². The second-order valence-corrected chi connectivity index (χ2v) is 12.9. The average molecular weight is 593 g/mol. The lowest BCUT2D eigenvalue weighted by Gasteiger charge is -2.35. The summed E-state index contributed by atoms with van der Waals surface area (Å²) in [5.74, 6) is 0.984. The molecular formula is C22H28N10O8S. The first-order valence-electron chi connectivity index (χ1n) is 13.5. The van der Waals surface area contributed by atoms with E-state index in [2.05, 4.69) is 20.4 Å². The highest BCUT2D eigenvalue weighted by molar-refractivity contribution is 7.81. The van der Waals surface area contributed by atoms with E-state index < -0.39 is 46.6 Å². The summed E-state index contributed by atoms with van der Waals surface area (Å²) in [6.45, 7) is 0.563. The number of carbonyl (C=O) groups is 2. The molecular weight excluding hydrogens is 564 g/mol. The Bertz CT molecular complexity index is 1430. The van der Waals surface area contributed by atoms with Crippen molar-refractivity contribution in [3.8, 4) is 0 Å². The Labute approximate surface area is 233 Å². The normalized spacial score (nSPS) is 30.8. The molecule has 2 aromatic heterocycles. The van der Waals surface area contributed by atoms with Crippen molar-refractivity contribution in [3.63, 3.8) is 0 Å². The van der Waals surface area contributed by atoms with Crippen LogP contribution < -0.4 is 11.5 Å². The van der Waals surface area contributed by atoms with Gasteiger partial charge in [0.1, 0.15) is 12.1 Å². The van der Waals surface area contributed by atoms with Crippen LogP contribution in [0.25, 0.3) is 0 Å². The number of aromatic nitrogens is 4. The van der Waals surface area contributed by atoms with Gasteiger partial charge < -0.3 is 30.1 Å². The maximum absolute atomic E-state index is 13.4. The third-order valence-electron chi connectivity index (χ3n) is 9.55. The van der Waals surface area contributed by atoms with Gasteiger partial charge in [-0.1, -0.05) is 0 Å². The van der Waals surface area contributed by atoms with Crippen LogP contribution in [-0.4, -0.2) is 86.0 Å². The monoisotopic (exact) mass is 592 g/mol. The first-order chi connectivity index (χ1) is 19.7. The van der Waals surface area contributed by atoms with Crippen LogP contribution in [-0.2, 0) is 32.1 Å². The maximum atomic E-state index is 13.4. The highest BCUT2D eigenvalue weighted by atomic mass is 32.3. The molecule has 41 heavy (non-hydrogen) atoms. The second kappa shape index (κ2) is 8.34. The lowest BCUT2D eigenvalue weighted by atomic mass is 9.85. The van der Waals surface area contributed by atoms with Gasteiger partial charge in [0.15, 0.2) is 0 Å². The molecule has 2 aliphatic carbocycles. The van der Waals surface area contributed by atoms with Gasteiger partial charge in [-0.3, -0.25) is 0 Å². The Kier molecular flexibility index (Phi) is 5.15. The van der Waals surface area contributed by atoms with Crippen molar-refractivity contribution in [2.45, 2.75) is 75.8 Å². The summed E-state index contributed by atoms with van der Waals surface area (Å²) in [4.78, 5) is 29.8. The zero-order valence-corrected chi connectivity index (χ0v) is 22.6. The number of amides is 4. The molecule has 2 spiro atoms. The Balaban J connectivity index is 1.02. The highest BCUT2D eigenvalue weighted by Gasteiger charge is 2.67. The van der Waals surface area contributed by atoms with Crippen LogP contribution in [0.3, 0.4) is 0 Å². The molecule has 6 fully saturated rings. The molecule has 8 rings (SSSR count). The van der Waals surface area contributed by atoms with E-state index in [1.54, 1.807) is 0 Å². The van der Waals surface area contributed by atoms with Gasteiger partial charge in [-0.05, 0) is 49.4 Å². The minimum atomic E-state index is -4.88. The molecule has 4 atom stereocenters. The van der Waals surface area contributed by atoms with Crippen molar-refractivity contribution >= 4 is 22.5 Å². The highest BCUT2D eigenvalue weighted by Crippen LogP contribution is 2.63. The standard InChI is InChI=1S/C22H28N10O8S/c23-7-15-25-27-17(37-15)11-5-21(1-2-21)13-9-29(11)19(33)31(13)39-41(35,36)40-32-14-10-30(20(32)34)12(6-22(14)3-4-22)18-28-26-16(8-24)38-18/h11-14H,1-10,23-24H2/t11-,12-,13-,14-/m0/s1. The number of piperidine rings is 2. The summed E-state index contributed by atoms with van der Waals surface area (Å²) in [7, 11) is -4.88. The number of carbonyl (C=O) groups excluding carboxylic acids is 2. The molecule has 4 amide bonds. The third kappa shape index (κ3) is 3.72. The SMILES string of the molecule is NCc1nnc([C@@H]2CC3(CC3)[C@@H]3CN2C(=O)N3OS(=O)(=O)ON2C(=O)N3C[C@H]2C2(CC2)C[C@H]3c2nnc(CN)o2)o1. The number of urea groups is 2. The molecule has 2 aromatic rings. The molecule has 2 saturated carbocycles. The molecule has 0 unspecified atom stereocenters. The summed E-state index contributed by atoms with van der Waals surface area (Å²) < 4.78 is 48.5. The fourth-order valence-corrected chi connectivity index (χ4v) is 7.80. The number of fused-ring (bicyclic) bond motifs is 6. The van der Waals surface area contributed by atoms with Gasteiger partial charge in [-0.25, -0.2) is 9.59 Å². The van der Waals surface area contributed by atoms with Crippen molar-refractivity contribution in [2.24, 2.45) is 22.3 Å². The van der Waals surface area contributed by atoms with E-state index in [0.717, 1.165) is 35.8 Å². The topological polar surface area (TPSA) is 230 Å². The molecule has 19 heteroatoms. The van der Waals surface area contributed by atoms with Crippen LogP contribution >= 0.6 is 0 Å². The van der Waals surface area contributed by atoms with Crippen LogP contribution in [0.15, 0.2) is 8.83 Å². The van der Waals surface area contributed by atoms with E-state index in [4.69, 9.17) is 28.9 Å². The second-order valence-electron chi connectivity index (χ2n) is 11.8. The maximum Gasteiger partial charge on any atom is 0.442 e. The van der Waals surface area contributed by atoms with Crippen molar-refractivity contribution in [1.82, 2.24) is 40.3 Å². The lowest BCUT2D eigenvalue weighted by Crippen LogP contribution is -2.45. The molecule has 4 aliphatic heterocycles. The Morgan fingerprint density at radius 2 is 1.17 bits per heavy atom. The van der Waals surface area contributed by atoms with E-state index in [0.29, 0.717) is 12.8 Å². The summed E-state index contributed by atoms with van der Waals surface area (Å²) in [6, 6.07) is -3.43. The van der Waals surface area contributed by atoms with Crippen LogP contribution in [0.2, 0.25) is 0 Å². The van der Waals surface area contributed by atoms with Crippen LogP contribution in [0.5, 0.6) is 0 Å². The number of rotatable bonds is 8. The predicted octanol–water partition coefficient (Wildman–Crippen LogP) is -0.159. The molecule has 4 bridgehead atoms. The minimum absolute atomic E-state index is 0.0611. The summed E-state index contributed by atoms with van der Waals surface area (Å²) in [5, 5.41) is 17.6. The van der Waals surface area contributed by atoms with Crippen LogP contribution in [0.4, 0.5) is 9.59 Å². The van der Waals surface area contributed by atoms with E-state index in [9.17, 15) is 18.0 Å². The average Bonchev–Trinajstić information content (AvgIpc) is 3.66. The lowest BCUT2D eigenvalue weighted by molar-refractivity contribution is -0.101. The number of nitrogens with two attached hydrogens (primary N) is 2. The zero-order chi connectivity index (χ0) is 28.3. The largest absolute Gasteiger partial charge is 0.442 e. The van der Waals surface area contributed by atoms with Crippen molar-refractivity contribution in [1.29, 1.82) is 0 Å². The first-order valence-corrected chi connectivity index (χ1v) is 14.9. The smallest absolute Gasteiger partial charge is 0.422 e. The Hall–Kier alpha value is -3.39. The zero-order valence-electron chi connectivity index (χ0n) is 21.8. The van der Waals surface area contributed by atoms with Crippen molar-refractivity contribution in [3.05, 3.63) is 23.6 Å². The molecule has 6 heterocycles. The van der Waals surface area contributed by atoms with E-state index in [1.165, 1.54) is 9.80 Å².